The van der Waals surface area contributed by atoms with Crippen molar-refractivity contribution in [3.63, 3.8) is 0 Å². The van der Waals surface area contributed by atoms with Crippen molar-refractivity contribution in [1.29, 1.82) is 0 Å². The Hall–Kier alpha value is -3.26. The zero-order valence-electron chi connectivity index (χ0n) is 15.5. The third-order valence-electron chi connectivity index (χ3n) is 4.44. The molecule has 2 heterocycles. The Morgan fingerprint density at radius 2 is 1.86 bits per heavy atom. The minimum absolute atomic E-state index is 0.102. The number of aromatic nitrogens is 2. The summed E-state index contributed by atoms with van der Waals surface area (Å²) < 4.78 is 38.6. The maximum atomic E-state index is 13.3. The number of rotatable bonds is 7. The van der Waals surface area contributed by atoms with Crippen molar-refractivity contribution in [3.8, 4) is 5.75 Å². The normalized spacial score (nSPS) is 13.7. The number of nitrogens with one attached hydrogen (secondary N) is 1. The van der Waals surface area contributed by atoms with Crippen molar-refractivity contribution in [2.24, 2.45) is 0 Å². The molecule has 0 saturated carbocycles. The molecule has 8 heteroatoms. The van der Waals surface area contributed by atoms with E-state index in [1.54, 1.807) is 16.9 Å². The molecule has 1 aliphatic heterocycles. The fraction of sp³-hybridized carbons (Fsp3) is 0.238. The highest BCUT2D eigenvalue weighted by Crippen LogP contribution is 2.17. The summed E-state index contributed by atoms with van der Waals surface area (Å²) in [6.07, 6.45) is 1.96. The van der Waals surface area contributed by atoms with Crippen molar-refractivity contribution >= 4 is 11.7 Å². The molecule has 1 amide bonds. The van der Waals surface area contributed by atoms with Crippen LogP contribution in [-0.4, -0.2) is 35.0 Å². The highest BCUT2D eigenvalue weighted by molar-refractivity contribution is 5.91. The number of ether oxygens (including phenoxy) is 2. The first-order chi connectivity index (χ1) is 14.0. The molecule has 0 bridgehead atoms. The summed E-state index contributed by atoms with van der Waals surface area (Å²) >= 11 is 0. The van der Waals surface area contributed by atoms with Gasteiger partial charge in [0.15, 0.2) is 17.5 Å². The SMILES string of the molecule is O=C(Cc1ccc(OC2COC2)cc1)Nc1ccn(Cc2ccc(F)c(F)c2)n1. The smallest absolute Gasteiger partial charge is 0.229 e. The second-order valence-electron chi connectivity index (χ2n) is 6.79. The van der Waals surface area contributed by atoms with Gasteiger partial charge in [-0.3, -0.25) is 9.48 Å². The molecule has 0 atom stereocenters. The van der Waals surface area contributed by atoms with E-state index in [2.05, 4.69) is 10.4 Å². The van der Waals surface area contributed by atoms with Crippen LogP contribution in [0.5, 0.6) is 5.75 Å². The first-order valence-electron chi connectivity index (χ1n) is 9.16. The number of anilines is 1. The van der Waals surface area contributed by atoms with Crippen LogP contribution >= 0.6 is 0 Å². The first-order valence-corrected chi connectivity index (χ1v) is 9.16. The Labute approximate surface area is 166 Å². The van der Waals surface area contributed by atoms with Crippen molar-refractivity contribution in [2.75, 3.05) is 18.5 Å². The average Bonchev–Trinajstić information content (AvgIpc) is 3.09. The summed E-state index contributed by atoms with van der Waals surface area (Å²) in [6, 6.07) is 12.7. The Kier molecular flexibility index (Phi) is 5.53. The molecule has 0 spiro atoms. The fourth-order valence-electron chi connectivity index (χ4n) is 2.87. The Balaban J connectivity index is 1.30. The van der Waals surface area contributed by atoms with E-state index in [9.17, 15) is 13.6 Å². The topological polar surface area (TPSA) is 65.4 Å². The fourth-order valence-corrected chi connectivity index (χ4v) is 2.87. The molecular weight excluding hydrogens is 380 g/mol. The zero-order chi connectivity index (χ0) is 20.2. The molecule has 0 aliphatic carbocycles. The largest absolute Gasteiger partial charge is 0.486 e. The number of carbonyl (C=O) groups excluding carboxylic acids is 1. The van der Waals surface area contributed by atoms with Gasteiger partial charge >= 0.3 is 0 Å². The summed E-state index contributed by atoms with van der Waals surface area (Å²) in [5, 5.41) is 6.97. The molecule has 2 aromatic carbocycles. The molecule has 1 aromatic heterocycles. The molecule has 150 valence electrons. The lowest BCUT2D eigenvalue weighted by molar-refractivity contribution is -0.115. The van der Waals surface area contributed by atoms with Crippen molar-refractivity contribution in [1.82, 2.24) is 9.78 Å². The van der Waals surface area contributed by atoms with Gasteiger partial charge in [-0.25, -0.2) is 8.78 Å². The van der Waals surface area contributed by atoms with Gasteiger partial charge in [-0.2, -0.15) is 5.10 Å². The molecule has 4 rings (SSSR count). The maximum Gasteiger partial charge on any atom is 0.229 e. The summed E-state index contributed by atoms with van der Waals surface area (Å²) in [4.78, 5) is 12.3. The van der Waals surface area contributed by atoms with Crippen LogP contribution in [-0.2, 0) is 22.5 Å². The van der Waals surface area contributed by atoms with Crippen molar-refractivity contribution in [2.45, 2.75) is 19.1 Å². The number of hydrogen-bond acceptors (Lipinski definition) is 4. The van der Waals surface area contributed by atoms with Crippen molar-refractivity contribution < 1.29 is 23.0 Å². The van der Waals surface area contributed by atoms with Crippen LogP contribution in [0.3, 0.4) is 0 Å². The summed E-state index contributed by atoms with van der Waals surface area (Å²) in [5.74, 6) is -0.857. The monoisotopic (exact) mass is 399 g/mol. The zero-order valence-corrected chi connectivity index (χ0v) is 15.5. The van der Waals surface area contributed by atoms with Gasteiger partial charge in [-0.1, -0.05) is 18.2 Å². The van der Waals surface area contributed by atoms with Crippen LogP contribution in [0, 0.1) is 11.6 Å². The van der Waals surface area contributed by atoms with Crippen LogP contribution in [0.15, 0.2) is 54.7 Å². The molecule has 3 aromatic rings. The van der Waals surface area contributed by atoms with E-state index >= 15 is 0 Å². The number of amides is 1. The van der Waals surface area contributed by atoms with Crippen LogP contribution in [0.1, 0.15) is 11.1 Å². The number of halogens is 2. The predicted molar refractivity (Wildman–Crippen MR) is 102 cm³/mol. The minimum atomic E-state index is -0.902. The maximum absolute atomic E-state index is 13.3. The van der Waals surface area contributed by atoms with E-state index < -0.39 is 11.6 Å². The van der Waals surface area contributed by atoms with Gasteiger partial charge in [0.05, 0.1) is 26.2 Å². The number of nitrogens with zero attached hydrogens (tertiary/aromatic N) is 2. The Bertz CT molecular complexity index is 1000. The third kappa shape index (κ3) is 4.97. The molecule has 1 N–H and O–H groups in total. The van der Waals surface area contributed by atoms with Crippen LogP contribution in [0.4, 0.5) is 14.6 Å². The predicted octanol–water partition coefficient (Wildman–Crippen LogP) is 3.17. The molecule has 29 heavy (non-hydrogen) atoms. The van der Waals surface area contributed by atoms with E-state index in [-0.39, 0.29) is 25.0 Å². The van der Waals surface area contributed by atoms with Crippen LogP contribution in [0.25, 0.3) is 0 Å². The second-order valence-corrected chi connectivity index (χ2v) is 6.79. The second kappa shape index (κ2) is 8.40. The lowest BCUT2D eigenvalue weighted by atomic mass is 10.1. The molecule has 6 nitrogen and oxygen atoms in total. The molecule has 1 saturated heterocycles. The standard InChI is InChI=1S/C21H19F2N3O3/c22-18-6-3-15(9-19(18)23)11-26-8-7-20(25-26)24-21(27)10-14-1-4-16(5-2-14)29-17-12-28-13-17/h1-9,17H,10-13H2,(H,24,25,27). The summed E-state index contributed by atoms with van der Waals surface area (Å²) in [6.45, 7) is 1.47. The summed E-state index contributed by atoms with van der Waals surface area (Å²) in [5.41, 5.74) is 1.42. The third-order valence-corrected chi connectivity index (χ3v) is 4.44. The molecule has 0 unspecified atom stereocenters. The number of benzene rings is 2. The van der Waals surface area contributed by atoms with Gasteiger partial charge in [0.25, 0.3) is 0 Å². The van der Waals surface area contributed by atoms with Gasteiger partial charge in [-0.15, -0.1) is 0 Å². The van der Waals surface area contributed by atoms with E-state index in [0.29, 0.717) is 24.6 Å². The minimum Gasteiger partial charge on any atom is -0.486 e. The van der Waals surface area contributed by atoms with E-state index in [0.717, 1.165) is 23.4 Å². The van der Waals surface area contributed by atoms with Gasteiger partial charge < -0.3 is 14.8 Å². The van der Waals surface area contributed by atoms with Gasteiger partial charge in [0, 0.05) is 12.3 Å². The number of hydrogen-bond donors (Lipinski definition) is 1. The lowest BCUT2D eigenvalue weighted by Crippen LogP contribution is -2.38. The highest BCUT2D eigenvalue weighted by atomic mass is 19.2. The quantitative estimate of drug-likeness (QED) is 0.663. The van der Waals surface area contributed by atoms with Gasteiger partial charge in [0.1, 0.15) is 11.9 Å². The molecule has 1 aliphatic rings. The lowest BCUT2D eigenvalue weighted by Gasteiger charge is -2.26. The molecule has 1 fully saturated rings. The summed E-state index contributed by atoms with van der Waals surface area (Å²) in [7, 11) is 0. The average molecular weight is 399 g/mol. The van der Waals surface area contributed by atoms with Gasteiger partial charge in [-0.05, 0) is 35.4 Å². The van der Waals surface area contributed by atoms with Crippen LogP contribution < -0.4 is 10.1 Å². The van der Waals surface area contributed by atoms with E-state index in [1.807, 2.05) is 24.3 Å². The highest BCUT2D eigenvalue weighted by Gasteiger charge is 2.19. The molecular formula is C21H19F2N3O3. The van der Waals surface area contributed by atoms with E-state index in [1.165, 1.54) is 6.07 Å². The van der Waals surface area contributed by atoms with Crippen LogP contribution in [0.2, 0.25) is 0 Å². The number of carbonyl (C=O) groups is 1. The first kappa shape index (κ1) is 19.1. The van der Waals surface area contributed by atoms with Gasteiger partial charge in [0.2, 0.25) is 5.91 Å². The molecule has 0 radical (unpaired) electrons. The van der Waals surface area contributed by atoms with Crippen molar-refractivity contribution in [3.05, 3.63) is 77.5 Å². The Morgan fingerprint density at radius 1 is 1.10 bits per heavy atom. The van der Waals surface area contributed by atoms with E-state index in [4.69, 9.17) is 9.47 Å². The Morgan fingerprint density at radius 3 is 2.55 bits per heavy atom.